The molecule has 1 heterocycles. The molecule has 1 aliphatic heterocycles. The Labute approximate surface area is 109 Å². The summed E-state index contributed by atoms with van der Waals surface area (Å²) in [5.41, 5.74) is 0.208. The lowest BCUT2D eigenvalue weighted by Crippen LogP contribution is -2.31. The zero-order valence-corrected chi connectivity index (χ0v) is 11.6. The van der Waals surface area contributed by atoms with Gasteiger partial charge in [0.25, 0.3) is 0 Å². The third-order valence-corrected chi connectivity index (χ3v) is 3.36. The maximum absolute atomic E-state index is 9.97. The molecule has 0 fully saturated rings. The van der Waals surface area contributed by atoms with Crippen LogP contribution < -0.4 is 9.47 Å². The molecule has 0 saturated heterocycles. The predicted octanol–water partition coefficient (Wildman–Crippen LogP) is 2.94. The lowest BCUT2D eigenvalue weighted by Gasteiger charge is -2.23. The van der Waals surface area contributed by atoms with Crippen LogP contribution in [-0.4, -0.2) is 22.9 Å². The Morgan fingerprint density at radius 1 is 1.44 bits per heavy atom. The summed E-state index contributed by atoms with van der Waals surface area (Å²) in [5, 5.41) is 9.97. The second-order valence-electron chi connectivity index (χ2n) is 5.92. The number of hydrogen-bond donors (Lipinski definition) is 1. The first kappa shape index (κ1) is 13.2. The quantitative estimate of drug-likeness (QED) is 0.893. The van der Waals surface area contributed by atoms with Crippen LogP contribution in [0.15, 0.2) is 18.2 Å². The van der Waals surface area contributed by atoms with E-state index in [4.69, 9.17) is 9.47 Å². The van der Waals surface area contributed by atoms with Crippen molar-refractivity contribution in [3.63, 3.8) is 0 Å². The second-order valence-corrected chi connectivity index (χ2v) is 5.92. The van der Waals surface area contributed by atoms with Crippen molar-refractivity contribution in [2.75, 3.05) is 6.61 Å². The minimum atomic E-state index is -0.795. The standard InChI is InChI=1S/C15H22O3/c1-5-15(4,16)10-17-12-8-6-7-11-9-14(2,3)18-13(11)12/h6-8,16H,5,9-10H2,1-4H3. The van der Waals surface area contributed by atoms with Crippen molar-refractivity contribution in [1.82, 2.24) is 0 Å². The van der Waals surface area contributed by atoms with Crippen LogP contribution in [0.3, 0.4) is 0 Å². The molecule has 3 heteroatoms. The van der Waals surface area contributed by atoms with Gasteiger partial charge in [0.05, 0.1) is 5.60 Å². The zero-order valence-electron chi connectivity index (χ0n) is 11.6. The molecule has 0 amide bonds. The largest absolute Gasteiger partial charge is 0.487 e. The molecule has 0 radical (unpaired) electrons. The van der Waals surface area contributed by atoms with E-state index in [1.165, 1.54) is 5.56 Å². The molecular weight excluding hydrogens is 228 g/mol. The van der Waals surface area contributed by atoms with E-state index in [1.54, 1.807) is 6.92 Å². The van der Waals surface area contributed by atoms with E-state index in [2.05, 4.69) is 19.9 Å². The van der Waals surface area contributed by atoms with Gasteiger partial charge in [-0.05, 0) is 33.3 Å². The van der Waals surface area contributed by atoms with Gasteiger partial charge in [0, 0.05) is 12.0 Å². The molecule has 1 aromatic rings. The van der Waals surface area contributed by atoms with Gasteiger partial charge in [-0.15, -0.1) is 0 Å². The van der Waals surface area contributed by atoms with E-state index in [0.29, 0.717) is 6.42 Å². The summed E-state index contributed by atoms with van der Waals surface area (Å²) in [5.74, 6) is 1.56. The smallest absolute Gasteiger partial charge is 0.165 e. The van der Waals surface area contributed by atoms with E-state index in [0.717, 1.165) is 17.9 Å². The number of benzene rings is 1. The van der Waals surface area contributed by atoms with Crippen LogP contribution in [0.5, 0.6) is 11.5 Å². The highest BCUT2D eigenvalue weighted by molar-refractivity contribution is 5.50. The lowest BCUT2D eigenvalue weighted by molar-refractivity contribution is 0.00691. The van der Waals surface area contributed by atoms with Gasteiger partial charge >= 0.3 is 0 Å². The van der Waals surface area contributed by atoms with Crippen molar-refractivity contribution >= 4 is 0 Å². The average Bonchev–Trinajstić information content (AvgIpc) is 2.60. The van der Waals surface area contributed by atoms with Crippen LogP contribution in [-0.2, 0) is 6.42 Å². The summed E-state index contributed by atoms with van der Waals surface area (Å²) in [6.07, 6.45) is 1.55. The molecule has 1 unspecified atom stereocenters. The summed E-state index contributed by atoms with van der Waals surface area (Å²) >= 11 is 0. The van der Waals surface area contributed by atoms with Crippen molar-refractivity contribution in [3.8, 4) is 11.5 Å². The van der Waals surface area contributed by atoms with Gasteiger partial charge in [-0.3, -0.25) is 0 Å². The molecule has 0 aromatic heterocycles. The fourth-order valence-corrected chi connectivity index (χ4v) is 2.04. The minimum absolute atomic E-state index is 0.172. The van der Waals surface area contributed by atoms with E-state index >= 15 is 0 Å². The Kier molecular flexibility index (Phi) is 3.28. The van der Waals surface area contributed by atoms with Crippen LogP contribution in [0.25, 0.3) is 0 Å². The number of aliphatic hydroxyl groups is 1. The fraction of sp³-hybridized carbons (Fsp3) is 0.600. The molecule has 0 spiro atoms. The van der Waals surface area contributed by atoms with Gasteiger partial charge in [0.2, 0.25) is 0 Å². The number of para-hydroxylation sites is 1. The number of ether oxygens (including phenoxy) is 2. The maximum atomic E-state index is 9.97. The normalized spacial score (nSPS) is 19.8. The molecule has 1 aliphatic rings. The van der Waals surface area contributed by atoms with Crippen LogP contribution in [0, 0.1) is 0 Å². The third kappa shape index (κ3) is 2.78. The van der Waals surface area contributed by atoms with Crippen LogP contribution in [0.2, 0.25) is 0 Å². The Morgan fingerprint density at radius 2 is 2.17 bits per heavy atom. The topological polar surface area (TPSA) is 38.7 Å². The minimum Gasteiger partial charge on any atom is -0.487 e. The highest BCUT2D eigenvalue weighted by Gasteiger charge is 2.32. The SMILES string of the molecule is CCC(C)(O)COc1cccc2c1OC(C)(C)C2. The van der Waals surface area contributed by atoms with E-state index < -0.39 is 5.60 Å². The molecule has 1 N–H and O–H groups in total. The second kappa shape index (κ2) is 4.47. The highest BCUT2D eigenvalue weighted by atomic mass is 16.5. The Morgan fingerprint density at radius 3 is 2.83 bits per heavy atom. The number of fused-ring (bicyclic) bond motifs is 1. The summed E-state index contributed by atoms with van der Waals surface area (Å²) in [6, 6.07) is 5.93. The summed E-state index contributed by atoms with van der Waals surface area (Å²) in [4.78, 5) is 0. The van der Waals surface area contributed by atoms with Crippen molar-refractivity contribution < 1.29 is 14.6 Å². The molecule has 1 aromatic carbocycles. The summed E-state index contributed by atoms with van der Waals surface area (Å²) in [7, 11) is 0. The first-order valence-corrected chi connectivity index (χ1v) is 6.49. The first-order chi connectivity index (χ1) is 8.33. The summed E-state index contributed by atoms with van der Waals surface area (Å²) < 4.78 is 11.6. The van der Waals surface area contributed by atoms with Crippen LogP contribution in [0.4, 0.5) is 0 Å². The predicted molar refractivity (Wildman–Crippen MR) is 71.3 cm³/mol. The number of hydrogen-bond acceptors (Lipinski definition) is 3. The van der Waals surface area contributed by atoms with Gasteiger partial charge in [-0.1, -0.05) is 19.1 Å². The van der Waals surface area contributed by atoms with E-state index in [9.17, 15) is 5.11 Å². The molecule has 1 atom stereocenters. The van der Waals surface area contributed by atoms with Gasteiger partial charge in [0.1, 0.15) is 12.2 Å². The zero-order chi connectivity index (χ0) is 13.4. The molecule has 0 bridgehead atoms. The first-order valence-electron chi connectivity index (χ1n) is 6.49. The molecular formula is C15H22O3. The Balaban J connectivity index is 2.15. The van der Waals surface area contributed by atoms with Crippen LogP contribution >= 0.6 is 0 Å². The van der Waals surface area contributed by atoms with E-state index in [-0.39, 0.29) is 12.2 Å². The van der Waals surface area contributed by atoms with Crippen molar-refractivity contribution in [2.45, 2.75) is 51.7 Å². The molecule has 0 saturated carbocycles. The molecule has 3 nitrogen and oxygen atoms in total. The summed E-state index contributed by atoms with van der Waals surface area (Å²) in [6.45, 7) is 8.14. The third-order valence-electron chi connectivity index (χ3n) is 3.36. The monoisotopic (exact) mass is 250 g/mol. The molecule has 0 aliphatic carbocycles. The van der Waals surface area contributed by atoms with Crippen molar-refractivity contribution in [3.05, 3.63) is 23.8 Å². The van der Waals surface area contributed by atoms with Crippen molar-refractivity contribution in [2.24, 2.45) is 0 Å². The molecule has 2 rings (SSSR count). The van der Waals surface area contributed by atoms with Gasteiger partial charge in [-0.25, -0.2) is 0 Å². The average molecular weight is 250 g/mol. The van der Waals surface area contributed by atoms with Gasteiger partial charge in [-0.2, -0.15) is 0 Å². The maximum Gasteiger partial charge on any atom is 0.165 e. The molecule has 100 valence electrons. The van der Waals surface area contributed by atoms with Gasteiger partial charge in [0.15, 0.2) is 11.5 Å². The Hall–Kier alpha value is -1.22. The molecule has 18 heavy (non-hydrogen) atoms. The van der Waals surface area contributed by atoms with Crippen LogP contribution in [0.1, 0.15) is 39.7 Å². The lowest BCUT2D eigenvalue weighted by atomic mass is 10.0. The fourth-order valence-electron chi connectivity index (χ4n) is 2.04. The van der Waals surface area contributed by atoms with Crippen molar-refractivity contribution in [1.29, 1.82) is 0 Å². The highest BCUT2D eigenvalue weighted by Crippen LogP contribution is 2.41. The Bertz CT molecular complexity index is 435. The van der Waals surface area contributed by atoms with Gasteiger partial charge < -0.3 is 14.6 Å². The number of rotatable bonds is 4. The van der Waals surface area contributed by atoms with E-state index in [1.807, 2.05) is 19.1 Å².